The van der Waals surface area contributed by atoms with E-state index in [4.69, 9.17) is 10.5 Å². The van der Waals surface area contributed by atoms with E-state index >= 15 is 0 Å². The molecule has 0 saturated carbocycles. The van der Waals surface area contributed by atoms with Gasteiger partial charge in [0.15, 0.2) is 0 Å². The number of hydrogen-bond acceptors (Lipinski definition) is 3. The van der Waals surface area contributed by atoms with E-state index in [0.29, 0.717) is 13.2 Å². The number of carbonyl (C=O) groups excluding carboxylic acids is 1. The first-order valence-corrected chi connectivity index (χ1v) is 5.85. The van der Waals surface area contributed by atoms with Gasteiger partial charge in [0.05, 0.1) is 6.10 Å². The van der Waals surface area contributed by atoms with Crippen LogP contribution in [-0.2, 0) is 9.53 Å². The predicted molar refractivity (Wildman–Crippen MR) is 67.5 cm³/mol. The largest absolute Gasteiger partial charge is 0.377 e. The van der Waals surface area contributed by atoms with E-state index in [1.54, 1.807) is 0 Å². The molecule has 1 rings (SSSR count). The van der Waals surface area contributed by atoms with Gasteiger partial charge in [0.25, 0.3) is 0 Å². The summed E-state index contributed by atoms with van der Waals surface area (Å²) >= 11 is 0. The van der Waals surface area contributed by atoms with Gasteiger partial charge in [-0.3, -0.25) is 4.79 Å². The molecule has 4 nitrogen and oxygen atoms in total. The van der Waals surface area contributed by atoms with Crippen molar-refractivity contribution in [3.8, 4) is 0 Å². The monoisotopic (exact) mass is 236 g/mol. The Bertz CT molecular complexity index is 341. The Hall–Kier alpha value is -1.39. The highest BCUT2D eigenvalue weighted by atomic mass is 16.5. The number of rotatable bonds is 6. The second-order valence-corrected chi connectivity index (χ2v) is 3.90. The molecule has 0 heterocycles. The van der Waals surface area contributed by atoms with Crippen LogP contribution in [-0.4, -0.2) is 25.2 Å². The lowest BCUT2D eigenvalue weighted by Crippen LogP contribution is -2.38. The lowest BCUT2D eigenvalue weighted by atomic mass is 10.1. The van der Waals surface area contributed by atoms with Crippen LogP contribution < -0.4 is 11.1 Å². The topological polar surface area (TPSA) is 64.3 Å². The molecule has 0 radical (unpaired) electrons. The molecule has 1 aromatic carbocycles. The molecule has 0 aliphatic rings. The number of amides is 1. The van der Waals surface area contributed by atoms with Crippen molar-refractivity contribution in [2.45, 2.75) is 26.0 Å². The van der Waals surface area contributed by atoms with Gasteiger partial charge < -0.3 is 15.8 Å². The summed E-state index contributed by atoms with van der Waals surface area (Å²) in [5.41, 5.74) is 6.66. The van der Waals surface area contributed by atoms with Crippen LogP contribution in [0.3, 0.4) is 0 Å². The first-order chi connectivity index (χ1) is 8.15. The third-order valence-electron chi connectivity index (χ3n) is 2.46. The Balaban J connectivity index is 2.43. The molecule has 1 unspecified atom stereocenters. The number of ether oxygens (including phenoxy) is 1. The van der Waals surface area contributed by atoms with Crippen molar-refractivity contribution in [1.29, 1.82) is 0 Å². The zero-order valence-corrected chi connectivity index (χ0v) is 10.3. The minimum atomic E-state index is -0.620. The molecule has 0 aliphatic carbocycles. The molecular formula is C13H20N2O2. The van der Waals surface area contributed by atoms with Crippen LogP contribution in [0, 0.1) is 0 Å². The van der Waals surface area contributed by atoms with Gasteiger partial charge in [-0.25, -0.2) is 0 Å². The Morgan fingerprint density at radius 3 is 2.65 bits per heavy atom. The van der Waals surface area contributed by atoms with Gasteiger partial charge in [-0.1, -0.05) is 30.3 Å². The maximum absolute atomic E-state index is 11.8. The van der Waals surface area contributed by atoms with Gasteiger partial charge in [-0.05, 0) is 19.4 Å². The lowest BCUT2D eigenvalue weighted by molar-refractivity contribution is -0.123. The first kappa shape index (κ1) is 13.7. The molecule has 0 bridgehead atoms. The van der Waals surface area contributed by atoms with Crippen molar-refractivity contribution >= 4 is 5.91 Å². The summed E-state index contributed by atoms with van der Waals surface area (Å²) in [5.74, 6) is -0.178. The Morgan fingerprint density at radius 1 is 1.41 bits per heavy atom. The number of benzene rings is 1. The highest BCUT2D eigenvalue weighted by Gasteiger charge is 2.15. The molecule has 0 aromatic heterocycles. The van der Waals surface area contributed by atoms with Gasteiger partial charge in [-0.2, -0.15) is 0 Å². The van der Waals surface area contributed by atoms with E-state index < -0.39 is 6.04 Å². The molecule has 0 aliphatic heterocycles. The van der Waals surface area contributed by atoms with Crippen molar-refractivity contribution in [3.63, 3.8) is 0 Å². The Kier molecular flexibility index (Phi) is 5.66. The van der Waals surface area contributed by atoms with Crippen molar-refractivity contribution in [1.82, 2.24) is 5.32 Å². The molecule has 0 saturated heterocycles. The normalized spacial score (nSPS) is 14.1. The summed E-state index contributed by atoms with van der Waals surface area (Å²) in [7, 11) is 0. The number of nitrogens with one attached hydrogen (secondary N) is 1. The Labute approximate surface area is 102 Å². The van der Waals surface area contributed by atoms with Gasteiger partial charge in [-0.15, -0.1) is 0 Å². The number of nitrogens with two attached hydrogens (primary N) is 1. The van der Waals surface area contributed by atoms with Gasteiger partial charge in [0, 0.05) is 13.2 Å². The van der Waals surface area contributed by atoms with Crippen LogP contribution >= 0.6 is 0 Å². The van der Waals surface area contributed by atoms with Gasteiger partial charge in [0.2, 0.25) is 5.91 Å². The quantitative estimate of drug-likeness (QED) is 0.780. The highest BCUT2D eigenvalue weighted by Crippen LogP contribution is 2.09. The van der Waals surface area contributed by atoms with E-state index in [1.807, 2.05) is 44.2 Å². The molecule has 3 N–H and O–H groups in total. The van der Waals surface area contributed by atoms with Crippen molar-refractivity contribution in [2.24, 2.45) is 5.73 Å². The van der Waals surface area contributed by atoms with Gasteiger partial charge >= 0.3 is 0 Å². The zero-order chi connectivity index (χ0) is 12.7. The highest BCUT2D eigenvalue weighted by molar-refractivity contribution is 5.82. The van der Waals surface area contributed by atoms with Crippen LogP contribution in [0.4, 0.5) is 0 Å². The van der Waals surface area contributed by atoms with Crippen molar-refractivity contribution in [3.05, 3.63) is 35.9 Å². The van der Waals surface area contributed by atoms with Crippen LogP contribution in [0.5, 0.6) is 0 Å². The molecule has 1 aromatic rings. The van der Waals surface area contributed by atoms with E-state index in [0.717, 1.165) is 5.56 Å². The molecule has 94 valence electrons. The molecular weight excluding hydrogens is 216 g/mol. The molecule has 2 atom stereocenters. The van der Waals surface area contributed by atoms with Gasteiger partial charge in [0.1, 0.15) is 6.04 Å². The molecule has 1 amide bonds. The maximum Gasteiger partial charge on any atom is 0.241 e. The zero-order valence-electron chi connectivity index (χ0n) is 10.3. The summed E-state index contributed by atoms with van der Waals surface area (Å²) in [4.78, 5) is 11.8. The fourth-order valence-corrected chi connectivity index (χ4v) is 1.51. The third kappa shape index (κ3) is 4.54. The lowest BCUT2D eigenvalue weighted by Gasteiger charge is -2.16. The summed E-state index contributed by atoms with van der Waals surface area (Å²) in [6, 6.07) is 8.69. The minimum absolute atomic E-state index is 0.00641. The van der Waals surface area contributed by atoms with Crippen molar-refractivity contribution in [2.75, 3.05) is 13.2 Å². The molecule has 17 heavy (non-hydrogen) atoms. The second kappa shape index (κ2) is 7.04. The second-order valence-electron chi connectivity index (χ2n) is 3.90. The fourth-order valence-electron chi connectivity index (χ4n) is 1.51. The summed E-state index contributed by atoms with van der Waals surface area (Å²) in [6.07, 6.45) is 0.00641. The molecule has 0 fully saturated rings. The molecule has 0 spiro atoms. The summed E-state index contributed by atoms with van der Waals surface area (Å²) < 4.78 is 5.32. The van der Waals surface area contributed by atoms with Crippen LogP contribution in [0.25, 0.3) is 0 Å². The average molecular weight is 236 g/mol. The molecule has 4 heteroatoms. The Morgan fingerprint density at radius 2 is 2.06 bits per heavy atom. The minimum Gasteiger partial charge on any atom is -0.377 e. The van der Waals surface area contributed by atoms with E-state index in [9.17, 15) is 4.79 Å². The smallest absolute Gasteiger partial charge is 0.241 e. The van der Waals surface area contributed by atoms with E-state index in [-0.39, 0.29) is 12.0 Å². The standard InChI is InChI=1S/C13H20N2O2/c1-3-17-10(2)9-15-13(16)12(14)11-7-5-4-6-8-11/h4-8,10,12H,3,9,14H2,1-2H3,(H,15,16)/t10?,12-/m1/s1. The van der Waals surface area contributed by atoms with Crippen LogP contribution in [0.1, 0.15) is 25.5 Å². The maximum atomic E-state index is 11.8. The summed E-state index contributed by atoms with van der Waals surface area (Å²) in [5, 5.41) is 2.78. The van der Waals surface area contributed by atoms with Crippen molar-refractivity contribution < 1.29 is 9.53 Å². The number of carbonyl (C=O) groups is 1. The van der Waals surface area contributed by atoms with E-state index in [1.165, 1.54) is 0 Å². The fraction of sp³-hybridized carbons (Fsp3) is 0.462. The SMILES string of the molecule is CCOC(C)CNC(=O)[C@H](N)c1ccccc1. The predicted octanol–water partition coefficient (Wildman–Crippen LogP) is 1.23. The van der Waals surface area contributed by atoms with E-state index in [2.05, 4.69) is 5.32 Å². The van der Waals surface area contributed by atoms with Crippen LogP contribution in [0.2, 0.25) is 0 Å². The number of hydrogen-bond donors (Lipinski definition) is 2. The first-order valence-electron chi connectivity index (χ1n) is 5.85. The summed E-state index contributed by atoms with van der Waals surface area (Å²) in [6.45, 7) is 4.96. The average Bonchev–Trinajstić information content (AvgIpc) is 2.36. The van der Waals surface area contributed by atoms with Crippen LogP contribution in [0.15, 0.2) is 30.3 Å². The third-order valence-corrected chi connectivity index (χ3v) is 2.46.